The molecule has 1 unspecified atom stereocenters. The maximum atomic E-state index is 12.1. The van der Waals surface area contributed by atoms with Gasteiger partial charge in [0.2, 0.25) is 11.8 Å². The molecule has 0 radical (unpaired) electrons. The number of aryl methyl sites for hydroxylation is 1. The van der Waals surface area contributed by atoms with Gasteiger partial charge in [0.25, 0.3) is 0 Å². The first-order valence-corrected chi connectivity index (χ1v) is 7.36. The summed E-state index contributed by atoms with van der Waals surface area (Å²) in [4.78, 5) is 24.6. The lowest BCUT2D eigenvalue weighted by Gasteiger charge is -2.13. The molecule has 0 aromatic carbocycles. The molecule has 6 heteroatoms. The largest absolute Gasteiger partial charge is 0.444 e. The van der Waals surface area contributed by atoms with Crippen LogP contribution >= 0.6 is 11.8 Å². The fourth-order valence-electron chi connectivity index (χ4n) is 2.26. The van der Waals surface area contributed by atoms with Crippen molar-refractivity contribution in [3.8, 4) is 6.07 Å². The zero-order valence-corrected chi connectivity index (χ0v) is 12.5. The van der Waals surface area contributed by atoms with E-state index in [4.69, 9.17) is 4.42 Å². The first-order valence-electron chi connectivity index (χ1n) is 6.37. The van der Waals surface area contributed by atoms with Crippen LogP contribution in [0.4, 0.5) is 5.88 Å². The smallest absolute Gasteiger partial charge is 0.229 e. The minimum atomic E-state index is -0.0515. The SMILES string of the molecule is CC(=O)SCC1CC(=O)N(c2oc(C)c(C)c2C#N)C1. The van der Waals surface area contributed by atoms with Crippen LogP contribution in [0.15, 0.2) is 4.42 Å². The third-order valence-corrected chi connectivity index (χ3v) is 4.50. The molecule has 1 atom stereocenters. The highest BCUT2D eigenvalue weighted by molar-refractivity contribution is 8.13. The van der Waals surface area contributed by atoms with Gasteiger partial charge in [0.1, 0.15) is 17.4 Å². The lowest BCUT2D eigenvalue weighted by atomic mass is 10.1. The van der Waals surface area contributed by atoms with E-state index in [0.717, 1.165) is 5.56 Å². The molecule has 1 saturated heterocycles. The molecule has 1 aromatic heterocycles. The zero-order valence-electron chi connectivity index (χ0n) is 11.7. The highest BCUT2D eigenvalue weighted by Crippen LogP contribution is 2.34. The van der Waals surface area contributed by atoms with Crippen LogP contribution in [-0.2, 0) is 9.59 Å². The van der Waals surface area contributed by atoms with Crippen molar-refractivity contribution in [2.75, 3.05) is 17.2 Å². The maximum absolute atomic E-state index is 12.1. The number of carbonyl (C=O) groups excluding carboxylic acids is 2. The summed E-state index contributed by atoms with van der Waals surface area (Å²) in [6, 6.07) is 2.10. The van der Waals surface area contributed by atoms with Gasteiger partial charge in [-0.05, 0) is 19.8 Å². The van der Waals surface area contributed by atoms with Crippen molar-refractivity contribution in [1.29, 1.82) is 5.26 Å². The number of furan rings is 1. The molecule has 0 bridgehead atoms. The molecular weight excluding hydrogens is 276 g/mol. The number of hydrogen-bond donors (Lipinski definition) is 0. The number of nitrogens with zero attached hydrogens (tertiary/aromatic N) is 2. The molecule has 5 nitrogen and oxygen atoms in total. The van der Waals surface area contributed by atoms with Crippen LogP contribution in [0.1, 0.15) is 30.2 Å². The van der Waals surface area contributed by atoms with Crippen LogP contribution in [0, 0.1) is 31.1 Å². The van der Waals surface area contributed by atoms with Gasteiger partial charge in [-0.1, -0.05) is 11.8 Å². The van der Waals surface area contributed by atoms with Crippen LogP contribution in [0.25, 0.3) is 0 Å². The van der Waals surface area contributed by atoms with E-state index in [1.54, 1.807) is 6.92 Å². The second kappa shape index (κ2) is 5.71. The van der Waals surface area contributed by atoms with E-state index in [9.17, 15) is 14.9 Å². The molecule has 1 amide bonds. The Bertz CT molecular complexity index is 600. The molecule has 1 aliphatic heterocycles. The predicted molar refractivity (Wildman–Crippen MR) is 76.5 cm³/mol. The number of anilines is 1. The normalized spacial score (nSPS) is 18.4. The molecule has 106 valence electrons. The fraction of sp³-hybridized carbons (Fsp3) is 0.500. The Hall–Kier alpha value is -1.74. The Labute approximate surface area is 121 Å². The first-order chi connectivity index (χ1) is 9.43. The molecule has 20 heavy (non-hydrogen) atoms. The lowest BCUT2D eigenvalue weighted by Crippen LogP contribution is -2.25. The summed E-state index contributed by atoms with van der Waals surface area (Å²) < 4.78 is 5.57. The van der Waals surface area contributed by atoms with Crippen molar-refractivity contribution >= 4 is 28.7 Å². The highest BCUT2D eigenvalue weighted by atomic mass is 32.2. The van der Waals surface area contributed by atoms with Gasteiger partial charge in [-0.15, -0.1) is 0 Å². The van der Waals surface area contributed by atoms with Crippen LogP contribution < -0.4 is 4.90 Å². The van der Waals surface area contributed by atoms with E-state index in [0.29, 0.717) is 35.9 Å². The number of nitriles is 1. The van der Waals surface area contributed by atoms with E-state index in [-0.39, 0.29) is 16.9 Å². The third-order valence-electron chi connectivity index (χ3n) is 3.45. The summed E-state index contributed by atoms with van der Waals surface area (Å²) in [6.45, 7) is 5.61. The molecule has 2 heterocycles. The summed E-state index contributed by atoms with van der Waals surface area (Å²) in [7, 11) is 0. The van der Waals surface area contributed by atoms with E-state index in [2.05, 4.69) is 6.07 Å². The van der Waals surface area contributed by atoms with Crippen LogP contribution in [0.5, 0.6) is 0 Å². The summed E-state index contributed by atoms with van der Waals surface area (Å²) >= 11 is 1.23. The van der Waals surface area contributed by atoms with Gasteiger partial charge in [0, 0.05) is 31.2 Å². The molecule has 1 aromatic rings. The molecule has 0 saturated carbocycles. The van der Waals surface area contributed by atoms with Gasteiger partial charge < -0.3 is 4.42 Å². The van der Waals surface area contributed by atoms with E-state index >= 15 is 0 Å². The second-order valence-corrected chi connectivity index (χ2v) is 6.15. The highest BCUT2D eigenvalue weighted by Gasteiger charge is 2.34. The molecule has 1 fully saturated rings. The Morgan fingerprint density at radius 1 is 1.55 bits per heavy atom. The van der Waals surface area contributed by atoms with Crippen molar-refractivity contribution in [3.63, 3.8) is 0 Å². The fourth-order valence-corrected chi connectivity index (χ4v) is 2.95. The van der Waals surface area contributed by atoms with Crippen LogP contribution in [0.3, 0.4) is 0 Å². The van der Waals surface area contributed by atoms with Crippen molar-refractivity contribution in [2.45, 2.75) is 27.2 Å². The van der Waals surface area contributed by atoms with E-state index in [1.807, 2.05) is 6.92 Å². The standard InChI is InChI=1S/C14H16N2O3S/c1-8-9(2)19-14(12(8)5-15)16-6-11(4-13(16)18)7-20-10(3)17/h11H,4,6-7H2,1-3H3. The number of amides is 1. The number of hydrogen-bond acceptors (Lipinski definition) is 5. The molecular formula is C14H16N2O3S. The van der Waals surface area contributed by atoms with Gasteiger partial charge in [-0.2, -0.15) is 5.26 Å². The Kier molecular flexibility index (Phi) is 4.19. The Morgan fingerprint density at radius 3 is 2.85 bits per heavy atom. The second-order valence-electron chi connectivity index (χ2n) is 4.95. The average molecular weight is 292 g/mol. The summed E-state index contributed by atoms with van der Waals surface area (Å²) in [5.74, 6) is 1.70. The summed E-state index contributed by atoms with van der Waals surface area (Å²) in [5, 5.41) is 9.26. The van der Waals surface area contributed by atoms with E-state index < -0.39 is 0 Å². The average Bonchev–Trinajstić information content (AvgIpc) is 2.88. The molecule has 2 rings (SSSR count). The summed E-state index contributed by atoms with van der Waals surface area (Å²) in [5.41, 5.74) is 1.20. The van der Waals surface area contributed by atoms with Gasteiger partial charge in [-0.25, -0.2) is 0 Å². The molecule has 1 aliphatic rings. The summed E-state index contributed by atoms with van der Waals surface area (Å²) in [6.07, 6.45) is 0.393. The van der Waals surface area contributed by atoms with Crippen molar-refractivity contribution in [1.82, 2.24) is 0 Å². The quantitative estimate of drug-likeness (QED) is 0.855. The minimum Gasteiger partial charge on any atom is -0.444 e. The van der Waals surface area contributed by atoms with Crippen molar-refractivity contribution in [3.05, 3.63) is 16.9 Å². The number of thioether (sulfide) groups is 1. The topological polar surface area (TPSA) is 74.3 Å². The molecule has 0 aliphatic carbocycles. The lowest BCUT2D eigenvalue weighted by molar-refractivity contribution is -0.117. The van der Waals surface area contributed by atoms with E-state index in [1.165, 1.54) is 23.6 Å². The van der Waals surface area contributed by atoms with Crippen LogP contribution in [0.2, 0.25) is 0 Å². The van der Waals surface area contributed by atoms with Crippen LogP contribution in [-0.4, -0.2) is 23.3 Å². The van der Waals surface area contributed by atoms with Gasteiger partial charge >= 0.3 is 0 Å². The minimum absolute atomic E-state index is 0.0515. The molecule has 0 N–H and O–H groups in total. The Morgan fingerprint density at radius 2 is 2.25 bits per heavy atom. The third kappa shape index (κ3) is 2.73. The number of rotatable bonds is 3. The Balaban J connectivity index is 2.18. The molecule has 0 spiro atoms. The predicted octanol–water partition coefficient (Wildman–Crippen LogP) is 2.40. The van der Waals surface area contributed by atoms with Gasteiger partial charge in [0.15, 0.2) is 5.12 Å². The van der Waals surface area contributed by atoms with Crippen molar-refractivity contribution in [2.24, 2.45) is 5.92 Å². The van der Waals surface area contributed by atoms with Gasteiger partial charge in [-0.3, -0.25) is 14.5 Å². The zero-order chi connectivity index (χ0) is 14.9. The first kappa shape index (κ1) is 14.7. The van der Waals surface area contributed by atoms with Gasteiger partial charge in [0.05, 0.1) is 0 Å². The van der Waals surface area contributed by atoms with Crippen molar-refractivity contribution < 1.29 is 14.0 Å². The monoisotopic (exact) mass is 292 g/mol. The maximum Gasteiger partial charge on any atom is 0.229 e. The number of carbonyl (C=O) groups is 2.